The Kier molecular flexibility index (Phi) is 4.69. The van der Waals surface area contributed by atoms with Gasteiger partial charge in [0.05, 0.1) is 17.6 Å². The molecule has 1 aliphatic rings. The van der Waals surface area contributed by atoms with Crippen LogP contribution in [-0.2, 0) is 4.79 Å². The van der Waals surface area contributed by atoms with Crippen LogP contribution in [0.15, 0.2) is 40.4 Å². The highest BCUT2D eigenvalue weighted by Gasteiger charge is 2.19. The second-order valence-corrected chi connectivity index (χ2v) is 7.42. The normalized spacial score (nSPS) is 14.3. The van der Waals surface area contributed by atoms with Crippen molar-refractivity contribution in [3.8, 4) is 5.69 Å². The molecule has 0 atom stereocenters. The summed E-state index contributed by atoms with van der Waals surface area (Å²) in [6.07, 6.45) is 3.58. The zero-order valence-electron chi connectivity index (χ0n) is 13.8. The van der Waals surface area contributed by atoms with E-state index in [4.69, 9.17) is 11.6 Å². The fraction of sp³-hybridized carbons (Fsp3) is 0.294. The van der Waals surface area contributed by atoms with Crippen molar-refractivity contribution in [1.29, 1.82) is 0 Å². The van der Waals surface area contributed by atoms with Crippen molar-refractivity contribution in [3.63, 3.8) is 0 Å². The van der Waals surface area contributed by atoms with Crippen molar-refractivity contribution in [3.05, 3.63) is 45.8 Å². The third kappa shape index (κ3) is 3.34. The van der Waals surface area contributed by atoms with E-state index in [0.717, 1.165) is 31.6 Å². The lowest BCUT2D eigenvalue weighted by Crippen LogP contribution is -2.29. The molecule has 2 aromatic heterocycles. The van der Waals surface area contributed by atoms with E-state index in [9.17, 15) is 9.59 Å². The summed E-state index contributed by atoms with van der Waals surface area (Å²) in [5, 5.41) is 5.62. The highest BCUT2D eigenvalue weighted by molar-refractivity contribution is 7.99. The fourth-order valence-corrected chi connectivity index (χ4v) is 3.89. The number of thioether (sulfide) groups is 1. The molecule has 1 N–H and O–H groups in total. The Morgan fingerprint density at radius 2 is 2.12 bits per heavy atom. The van der Waals surface area contributed by atoms with Gasteiger partial charge < -0.3 is 9.88 Å². The van der Waals surface area contributed by atoms with Crippen LogP contribution in [0.5, 0.6) is 0 Å². The number of amides is 1. The Hall–Kier alpha value is -2.32. The van der Waals surface area contributed by atoms with Crippen molar-refractivity contribution in [1.82, 2.24) is 24.6 Å². The van der Waals surface area contributed by atoms with Crippen LogP contribution in [0, 0.1) is 0 Å². The van der Waals surface area contributed by atoms with Crippen LogP contribution in [0.2, 0.25) is 5.02 Å². The van der Waals surface area contributed by atoms with Gasteiger partial charge in [0.2, 0.25) is 5.91 Å². The summed E-state index contributed by atoms with van der Waals surface area (Å²) in [5.41, 5.74) is 0.876. The highest BCUT2D eigenvalue weighted by atomic mass is 35.5. The number of halogens is 1. The van der Waals surface area contributed by atoms with E-state index in [-0.39, 0.29) is 17.2 Å². The number of aromatic nitrogens is 4. The number of fused-ring (bicyclic) bond motifs is 1. The molecule has 1 amide bonds. The number of aromatic amines is 1. The van der Waals surface area contributed by atoms with Crippen molar-refractivity contribution < 1.29 is 4.79 Å². The third-order valence-corrected chi connectivity index (χ3v) is 5.35. The standard InChI is InChI=1S/C17H16ClN5O2S/c18-11-4-3-5-12(8-11)23-15-13(9-19-23)16(25)21-17(20-15)26-10-14(24)22-6-1-2-7-22/h3-5,8-9H,1-2,6-7,10H2,(H,20,21,25). The molecule has 1 aromatic carbocycles. The number of likely N-dealkylation sites (tertiary alicyclic amines) is 1. The number of rotatable bonds is 4. The molecule has 1 fully saturated rings. The van der Waals surface area contributed by atoms with Gasteiger partial charge in [0.25, 0.3) is 5.56 Å². The van der Waals surface area contributed by atoms with E-state index >= 15 is 0 Å². The summed E-state index contributed by atoms with van der Waals surface area (Å²) in [4.78, 5) is 33.6. The topological polar surface area (TPSA) is 83.9 Å². The molecule has 3 heterocycles. The highest BCUT2D eigenvalue weighted by Crippen LogP contribution is 2.20. The first-order valence-corrected chi connectivity index (χ1v) is 9.63. The first kappa shape index (κ1) is 17.1. The van der Waals surface area contributed by atoms with E-state index in [1.54, 1.807) is 16.8 Å². The molecular weight excluding hydrogens is 374 g/mol. The largest absolute Gasteiger partial charge is 0.342 e. The molecule has 0 radical (unpaired) electrons. The average molecular weight is 390 g/mol. The Morgan fingerprint density at radius 1 is 1.31 bits per heavy atom. The van der Waals surface area contributed by atoms with Crippen LogP contribution in [0.25, 0.3) is 16.7 Å². The molecule has 1 saturated heterocycles. The molecule has 3 aromatic rings. The minimum absolute atomic E-state index is 0.0681. The van der Waals surface area contributed by atoms with E-state index in [0.29, 0.717) is 21.2 Å². The second-order valence-electron chi connectivity index (χ2n) is 6.02. The molecule has 0 spiro atoms. The van der Waals surface area contributed by atoms with Gasteiger partial charge in [0, 0.05) is 18.1 Å². The van der Waals surface area contributed by atoms with Gasteiger partial charge in [-0.15, -0.1) is 0 Å². The molecule has 26 heavy (non-hydrogen) atoms. The van der Waals surface area contributed by atoms with Gasteiger partial charge in [-0.3, -0.25) is 9.59 Å². The lowest BCUT2D eigenvalue weighted by molar-refractivity contribution is -0.127. The summed E-state index contributed by atoms with van der Waals surface area (Å²) in [5.74, 6) is 0.318. The molecule has 0 bridgehead atoms. The summed E-state index contributed by atoms with van der Waals surface area (Å²) in [6, 6.07) is 7.16. The molecule has 0 unspecified atom stereocenters. The van der Waals surface area contributed by atoms with Crippen LogP contribution in [0.1, 0.15) is 12.8 Å². The van der Waals surface area contributed by atoms with E-state index < -0.39 is 0 Å². The summed E-state index contributed by atoms with van der Waals surface area (Å²) in [7, 11) is 0. The average Bonchev–Trinajstić information content (AvgIpc) is 3.29. The van der Waals surface area contributed by atoms with Gasteiger partial charge >= 0.3 is 0 Å². The zero-order chi connectivity index (χ0) is 18.1. The van der Waals surface area contributed by atoms with Crippen molar-refractivity contribution >= 4 is 40.3 Å². The van der Waals surface area contributed by atoms with Gasteiger partial charge in [-0.1, -0.05) is 29.4 Å². The first-order valence-electron chi connectivity index (χ1n) is 8.26. The van der Waals surface area contributed by atoms with Gasteiger partial charge in [-0.05, 0) is 31.0 Å². The number of benzene rings is 1. The fourth-order valence-electron chi connectivity index (χ4n) is 2.95. The lowest BCUT2D eigenvalue weighted by Gasteiger charge is -2.14. The first-order chi connectivity index (χ1) is 12.6. The number of nitrogens with zero attached hydrogens (tertiary/aromatic N) is 4. The number of carbonyl (C=O) groups excluding carboxylic acids is 1. The second kappa shape index (κ2) is 7.13. The van der Waals surface area contributed by atoms with Crippen molar-refractivity contribution in [2.24, 2.45) is 0 Å². The number of H-pyrrole nitrogens is 1. The van der Waals surface area contributed by atoms with Crippen LogP contribution < -0.4 is 5.56 Å². The summed E-state index contributed by atoms with van der Waals surface area (Å²) < 4.78 is 1.57. The molecule has 0 saturated carbocycles. The van der Waals surface area contributed by atoms with Crippen molar-refractivity contribution in [2.45, 2.75) is 18.0 Å². The third-order valence-electron chi connectivity index (χ3n) is 4.26. The molecular formula is C17H16ClN5O2S. The minimum atomic E-state index is -0.278. The van der Waals surface area contributed by atoms with Crippen LogP contribution in [0.4, 0.5) is 0 Å². The Labute approximate surface area is 158 Å². The number of carbonyl (C=O) groups is 1. The zero-order valence-corrected chi connectivity index (χ0v) is 15.4. The monoisotopic (exact) mass is 389 g/mol. The maximum Gasteiger partial charge on any atom is 0.262 e. The SMILES string of the molecule is O=C(CSc1nc2c(cnn2-c2cccc(Cl)c2)c(=O)[nH]1)N1CCCC1. The molecule has 4 rings (SSSR count). The maximum atomic E-state index is 12.3. The smallest absolute Gasteiger partial charge is 0.262 e. The lowest BCUT2D eigenvalue weighted by atomic mass is 10.3. The van der Waals surface area contributed by atoms with Gasteiger partial charge in [-0.2, -0.15) is 5.10 Å². The Morgan fingerprint density at radius 3 is 2.88 bits per heavy atom. The van der Waals surface area contributed by atoms with Crippen LogP contribution in [-0.4, -0.2) is 49.4 Å². The molecule has 0 aliphatic carbocycles. The van der Waals surface area contributed by atoms with E-state index in [2.05, 4.69) is 15.1 Å². The van der Waals surface area contributed by atoms with E-state index in [1.807, 2.05) is 17.0 Å². The van der Waals surface area contributed by atoms with Gasteiger partial charge in [0.1, 0.15) is 5.39 Å². The quantitative estimate of drug-likeness (QED) is 0.547. The number of nitrogens with one attached hydrogen (secondary N) is 1. The van der Waals surface area contributed by atoms with E-state index in [1.165, 1.54) is 18.0 Å². The molecule has 9 heteroatoms. The molecule has 1 aliphatic heterocycles. The predicted molar refractivity (Wildman–Crippen MR) is 101 cm³/mol. The Balaban J connectivity index is 1.63. The minimum Gasteiger partial charge on any atom is -0.342 e. The summed E-state index contributed by atoms with van der Waals surface area (Å²) in [6.45, 7) is 1.62. The maximum absolute atomic E-state index is 12.3. The summed E-state index contributed by atoms with van der Waals surface area (Å²) >= 11 is 7.28. The van der Waals surface area contributed by atoms with Crippen LogP contribution in [0.3, 0.4) is 0 Å². The predicted octanol–water partition coefficient (Wildman–Crippen LogP) is 2.48. The molecule has 7 nitrogen and oxygen atoms in total. The van der Waals surface area contributed by atoms with Gasteiger partial charge in [-0.25, -0.2) is 9.67 Å². The number of hydrogen-bond donors (Lipinski definition) is 1. The Bertz CT molecular complexity index is 1030. The number of hydrogen-bond acceptors (Lipinski definition) is 5. The molecule has 134 valence electrons. The van der Waals surface area contributed by atoms with Crippen molar-refractivity contribution in [2.75, 3.05) is 18.8 Å². The van der Waals surface area contributed by atoms with Crippen LogP contribution >= 0.6 is 23.4 Å². The van der Waals surface area contributed by atoms with Gasteiger partial charge in [0.15, 0.2) is 10.8 Å².